The fraction of sp³-hybridized carbons (Fsp3) is 0.647. The molecule has 1 aliphatic rings. The maximum Gasteiger partial charge on any atom is 0.146 e. The van der Waals surface area contributed by atoms with Gasteiger partial charge in [0.1, 0.15) is 5.82 Å². The summed E-state index contributed by atoms with van der Waals surface area (Å²) in [7, 11) is 0. The zero-order chi connectivity index (χ0) is 15.2. The van der Waals surface area contributed by atoms with Gasteiger partial charge in [0.15, 0.2) is 0 Å². The molecule has 0 aliphatic carbocycles. The average molecular weight is 294 g/mol. The van der Waals surface area contributed by atoms with Crippen molar-refractivity contribution >= 4 is 5.69 Å². The van der Waals surface area contributed by atoms with Gasteiger partial charge in [-0.15, -0.1) is 0 Å². The Morgan fingerprint density at radius 3 is 3.00 bits per heavy atom. The quantitative estimate of drug-likeness (QED) is 0.846. The molecule has 2 N–H and O–H groups in total. The number of nitrogens with zero attached hydrogens (tertiary/aromatic N) is 1. The molecule has 0 aromatic heterocycles. The number of hydrogen-bond donors (Lipinski definition) is 2. The van der Waals surface area contributed by atoms with Crippen molar-refractivity contribution in [2.24, 2.45) is 5.92 Å². The fourth-order valence-electron chi connectivity index (χ4n) is 3.32. The Morgan fingerprint density at radius 2 is 2.29 bits per heavy atom. The normalized spacial score (nSPS) is 20.6. The van der Waals surface area contributed by atoms with Crippen LogP contribution in [0.1, 0.15) is 44.7 Å². The molecule has 0 amide bonds. The van der Waals surface area contributed by atoms with Crippen LogP contribution in [0.15, 0.2) is 18.2 Å². The second-order valence-corrected chi connectivity index (χ2v) is 5.92. The number of benzene rings is 1. The maximum absolute atomic E-state index is 14.4. The Balaban J connectivity index is 2.25. The number of halogens is 1. The van der Waals surface area contributed by atoms with Crippen molar-refractivity contribution in [3.63, 3.8) is 0 Å². The second-order valence-electron chi connectivity index (χ2n) is 5.92. The van der Waals surface area contributed by atoms with E-state index in [2.05, 4.69) is 24.1 Å². The molecule has 1 aromatic carbocycles. The van der Waals surface area contributed by atoms with E-state index < -0.39 is 0 Å². The van der Waals surface area contributed by atoms with Crippen molar-refractivity contribution in [2.45, 2.75) is 39.2 Å². The summed E-state index contributed by atoms with van der Waals surface area (Å²) < 4.78 is 14.4. The summed E-state index contributed by atoms with van der Waals surface area (Å²) in [4.78, 5) is 2.17. The van der Waals surface area contributed by atoms with Gasteiger partial charge < -0.3 is 15.3 Å². The van der Waals surface area contributed by atoms with Crippen LogP contribution in [0.4, 0.5) is 10.1 Å². The van der Waals surface area contributed by atoms with Crippen LogP contribution < -0.4 is 10.2 Å². The highest BCUT2D eigenvalue weighted by Crippen LogP contribution is 2.33. The molecule has 2 unspecified atom stereocenters. The number of hydrogen-bond acceptors (Lipinski definition) is 3. The molecule has 0 spiro atoms. The minimum absolute atomic E-state index is 0.137. The highest BCUT2D eigenvalue weighted by Gasteiger charge is 2.25. The first-order chi connectivity index (χ1) is 10.2. The number of rotatable bonds is 6. The number of piperidine rings is 1. The predicted octanol–water partition coefficient (Wildman–Crippen LogP) is 3.10. The first kappa shape index (κ1) is 16.2. The number of nitrogens with one attached hydrogen (secondary N) is 1. The standard InChI is InChI=1S/C17H27FN2O/c1-3-19-13(2)15-7-4-8-16(18)17(15)20-10-5-6-14(12-20)9-11-21/h4,7-8,13-14,19,21H,3,5-6,9-12H2,1-2H3. The van der Waals surface area contributed by atoms with Crippen LogP contribution in [-0.2, 0) is 0 Å². The Labute approximate surface area is 127 Å². The lowest BCUT2D eigenvalue weighted by molar-refractivity contribution is 0.244. The number of aliphatic hydroxyl groups excluding tert-OH is 1. The number of aliphatic hydroxyl groups is 1. The summed E-state index contributed by atoms with van der Waals surface area (Å²) >= 11 is 0. The maximum atomic E-state index is 14.4. The van der Waals surface area contributed by atoms with E-state index in [1.54, 1.807) is 12.1 Å². The molecular weight excluding hydrogens is 267 g/mol. The minimum Gasteiger partial charge on any atom is -0.396 e. The summed E-state index contributed by atoms with van der Waals surface area (Å²) in [5, 5.41) is 12.5. The van der Waals surface area contributed by atoms with E-state index in [9.17, 15) is 4.39 Å². The van der Waals surface area contributed by atoms with Gasteiger partial charge in [0, 0.05) is 25.7 Å². The van der Waals surface area contributed by atoms with Gasteiger partial charge >= 0.3 is 0 Å². The van der Waals surface area contributed by atoms with Gasteiger partial charge in [-0.05, 0) is 50.3 Å². The molecule has 4 heteroatoms. The monoisotopic (exact) mass is 294 g/mol. The smallest absolute Gasteiger partial charge is 0.146 e. The van der Waals surface area contributed by atoms with Crippen LogP contribution in [0.5, 0.6) is 0 Å². The molecule has 1 heterocycles. The summed E-state index contributed by atoms with van der Waals surface area (Å²) in [6.07, 6.45) is 3.00. The summed E-state index contributed by atoms with van der Waals surface area (Å²) in [5.41, 5.74) is 1.77. The molecule has 2 rings (SSSR count). The van der Waals surface area contributed by atoms with Crippen molar-refractivity contribution in [1.82, 2.24) is 5.32 Å². The third kappa shape index (κ3) is 3.95. The molecule has 0 bridgehead atoms. The van der Waals surface area contributed by atoms with Crippen LogP contribution >= 0.6 is 0 Å². The molecule has 0 saturated carbocycles. The molecular formula is C17H27FN2O. The zero-order valence-electron chi connectivity index (χ0n) is 13.1. The minimum atomic E-state index is -0.137. The van der Waals surface area contributed by atoms with E-state index in [1.165, 1.54) is 0 Å². The summed E-state index contributed by atoms with van der Waals surface area (Å²) in [6.45, 7) is 6.97. The van der Waals surface area contributed by atoms with Crippen LogP contribution in [0.25, 0.3) is 0 Å². The van der Waals surface area contributed by atoms with Gasteiger partial charge in [-0.3, -0.25) is 0 Å². The van der Waals surface area contributed by atoms with Crippen LogP contribution in [-0.4, -0.2) is 31.3 Å². The van der Waals surface area contributed by atoms with E-state index in [-0.39, 0.29) is 18.5 Å². The predicted molar refractivity (Wildman–Crippen MR) is 85.1 cm³/mol. The van der Waals surface area contributed by atoms with E-state index in [0.29, 0.717) is 5.92 Å². The lowest BCUT2D eigenvalue weighted by Crippen LogP contribution is -2.37. The lowest BCUT2D eigenvalue weighted by atomic mass is 9.93. The average Bonchev–Trinajstić information content (AvgIpc) is 2.48. The van der Waals surface area contributed by atoms with Crippen LogP contribution in [0, 0.1) is 11.7 Å². The van der Waals surface area contributed by atoms with Crippen molar-refractivity contribution in [3.05, 3.63) is 29.6 Å². The SMILES string of the molecule is CCNC(C)c1cccc(F)c1N1CCCC(CCO)C1. The van der Waals surface area contributed by atoms with Gasteiger partial charge in [0.25, 0.3) is 0 Å². The van der Waals surface area contributed by atoms with Gasteiger partial charge in [-0.1, -0.05) is 19.1 Å². The third-order valence-electron chi connectivity index (χ3n) is 4.37. The van der Waals surface area contributed by atoms with E-state index in [1.807, 2.05) is 6.07 Å². The fourth-order valence-corrected chi connectivity index (χ4v) is 3.32. The lowest BCUT2D eigenvalue weighted by Gasteiger charge is -2.36. The molecule has 21 heavy (non-hydrogen) atoms. The third-order valence-corrected chi connectivity index (χ3v) is 4.37. The molecule has 2 atom stereocenters. The van der Waals surface area contributed by atoms with Gasteiger partial charge in [0.05, 0.1) is 5.69 Å². The Kier molecular flexibility index (Phi) is 6.00. The highest BCUT2D eigenvalue weighted by molar-refractivity contribution is 5.56. The number of anilines is 1. The van der Waals surface area contributed by atoms with Gasteiger partial charge in [0.2, 0.25) is 0 Å². The first-order valence-electron chi connectivity index (χ1n) is 8.05. The molecule has 1 saturated heterocycles. The molecule has 118 valence electrons. The molecule has 1 aliphatic heterocycles. The highest BCUT2D eigenvalue weighted by atomic mass is 19.1. The molecule has 0 radical (unpaired) electrons. The summed E-state index contributed by atoms with van der Waals surface area (Å²) in [5.74, 6) is 0.326. The van der Waals surface area contributed by atoms with Gasteiger partial charge in [-0.2, -0.15) is 0 Å². The Bertz CT molecular complexity index is 450. The van der Waals surface area contributed by atoms with Crippen molar-refractivity contribution in [2.75, 3.05) is 31.1 Å². The first-order valence-corrected chi connectivity index (χ1v) is 8.05. The largest absolute Gasteiger partial charge is 0.396 e. The van der Waals surface area contributed by atoms with E-state index >= 15 is 0 Å². The zero-order valence-corrected chi connectivity index (χ0v) is 13.1. The van der Waals surface area contributed by atoms with Gasteiger partial charge in [-0.25, -0.2) is 4.39 Å². The summed E-state index contributed by atoms with van der Waals surface area (Å²) in [6, 6.07) is 5.49. The van der Waals surface area contributed by atoms with Crippen LogP contribution in [0.2, 0.25) is 0 Å². The number of para-hydroxylation sites is 1. The van der Waals surface area contributed by atoms with E-state index in [0.717, 1.165) is 50.1 Å². The topological polar surface area (TPSA) is 35.5 Å². The molecule has 1 fully saturated rings. The molecule has 3 nitrogen and oxygen atoms in total. The van der Waals surface area contributed by atoms with Crippen molar-refractivity contribution < 1.29 is 9.50 Å². The van der Waals surface area contributed by atoms with E-state index in [4.69, 9.17) is 5.11 Å². The Hall–Kier alpha value is -1.13. The second kappa shape index (κ2) is 7.76. The van der Waals surface area contributed by atoms with Crippen molar-refractivity contribution in [1.29, 1.82) is 0 Å². The molecule has 1 aromatic rings. The van der Waals surface area contributed by atoms with Crippen LogP contribution in [0.3, 0.4) is 0 Å². The van der Waals surface area contributed by atoms with Crippen molar-refractivity contribution in [3.8, 4) is 0 Å². The Morgan fingerprint density at radius 1 is 1.48 bits per heavy atom.